The third-order valence-corrected chi connectivity index (χ3v) is 6.82. The summed E-state index contributed by atoms with van der Waals surface area (Å²) in [6.07, 6.45) is 4.81. The summed E-state index contributed by atoms with van der Waals surface area (Å²) >= 11 is -1.99. The van der Waals surface area contributed by atoms with Gasteiger partial charge < -0.3 is 0 Å². The molecule has 0 amide bonds. The third-order valence-electron chi connectivity index (χ3n) is 1.62. The van der Waals surface area contributed by atoms with E-state index in [2.05, 4.69) is 13.8 Å². The second-order valence-corrected chi connectivity index (χ2v) is 8.67. The fourth-order valence-electron chi connectivity index (χ4n) is 0.873. The van der Waals surface area contributed by atoms with Gasteiger partial charge in [0.15, 0.2) is 0 Å². The SMILES string of the molecule is CCC[CH2][Sn](=[O])[CH2]CCC.[Ti]. The number of unbranched alkanes of at least 4 members (excludes halogenated alkanes) is 2. The Morgan fingerprint density at radius 1 is 1.00 bits per heavy atom. The molecular weight excluding hydrogens is 279 g/mol. The maximum absolute atomic E-state index is 11.2. The van der Waals surface area contributed by atoms with Crippen molar-refractivity contribution < 1.29 is 24.8 Å². The molecule has 0 fully saturated rings. The minimum atomic E-state index is -1.99. The molecule has 0 atom stereocenters. The van der Waals surface area contributed by atoms with Crippen molar-refractivity contribution in [1.29, 1.82) is 0 Å². The van der Waals surface area contributed by atoms with Crippen LogP contribution in [0.2, 0.25) is 8.87 Å². The van der Waals surface area contributed by atoms with Gasteiger partial charge in [0.05, 0.1) is 0 Å². The Labute approximate surface area is 92.3 Å². The molecule has 0 aromatic carbocycles. The summed E-state index contributed by atoms with van der Waals surface area (Å²) in [4.78, 5) is 0. The number of rotatable bonds is 6. The van der Waals surface area contributed by atoms with Crippen LogP contribution in [0.3, 0.4) is 0 Å². The summed E-state index contributed by atoms with van der Waals surface area (Å²) < 4.78 is 13.4. The molecule has 11 heavy (non-hydrogen) atoms. The smallest absolute Gasteiger partial charge is 0 e. The third kappa shape index (κ3) is 11.3. The summed E-state index contributed by atoms with van der Waals surface area (Å²) in [5.74, 6) is 0. The zero-order valence-corrected chi connectivity index (χ0v) is 12.1. The van der Waals surface area contributed by atoms with Gasteiger partial charge in [-0.3, -0.25) is 0 Å². The Morgan fingerprint density at radius 3 is 1.64 bits per heavy atom. The molecule has 0 N–H and O–H groups in total. The molecule has 0 aliphatic heterocycles. The predicted octanol–water partition coefficient (Wildman–Crippen LogP) is 3.01. The second kappa shape index (κ2) is 11.3. The van der Waals surface area contributed by atoms with Gasteiger partial charge in [-0.05, 0) is 0 Å². The standard InChI is InChI=1S/2C4H9.O.Sn.Ti/c2*1-3-4-2;;;/h2*1,3-4H2,2H3;;;. The molecule has 0 aliphatic carbocycles. The van der Waals surface area contributed by atoms with Crippen LogP contribution in [0, 0.1) is 0 Å². The van der Waals surface area contributed by atoms with Crippen molar-refractivity contribution >= 4 is 19.7 Å². The Kier molecular flexibility index (Phi) is 15.2. The molecule has 0 radical (unpaired) electrons. The fraction of sp³-hybridized carbons (Fsp3) is 1.00. The first kappa shape index (κ1) is 14.8. The molecular formula is C8H18OSnTi. The van der Waals surface area contributed by atoms with Gasteiger partial charge in [0.1, 0.15) is 0 Å². The van der Waals surface area contributed by atoms with Crippen molar-refractivity contribution in [3.8, 4) is 0 Å². The minimum absolute atomic E-state index is 0. The molecule has 0 aromatic heterocycles. The normalized spacial score (nSPS) is 8.91. The van der Waals surface area contributed by atoms with E-state index in [1.54, 1.807) is 0 Å². The number of hydrogen-bond acceptors (Lipinski definition) is 1. The van der Waals surface area contributed by atoms with E-state index in [0.29, 0.717) is 0 Å². The van der Waals surface area contributed by atoms with Gasteiger partial charge >= 0.3 is 71.2 Å². The first-order valence-electron chi connectivity index (χ1n) is 4.33. The fourth-order valence-corrected chi connectivity index (χ4v) is 5.86. The van der Waals surface area contributed by atoms with Crippen LogP contribution in [0.1, 0.15) is 39.5 Å². The summed E-state index contributed by atoms with van der Waals surface area (Å²) in [6, 6.07) is 0. The average Bonchev–Trinajstić information content (AvgIpc) is 1.97. The van der Waals surface area contributed by atoms with E-state index in [4.69, 9.17) is 0 Å². The van der Waals surface area contributed by atoms with Crippen LogP contribution in [0.5, 0.6) is 0 Å². The van der Waals surface area contributed by atoms with E-state index in [1.165, 1.54) is 25.7 Å². The minimum Gasteiger partial charge on any atom is 0 e. The topological polar surface area (TPSA) is 17.1 Å². The zero-order chi connectivity index (χ0) is 7.82. The van der Waals surface area contributed by atoms with E-state index in [-0.39, 0.29) is 21.7 Å². The first-order valence-corrected chi connectivity index (χ1v) is 9.53. The van der Waals surface area contributed by atoms with Crippen LogP contribution in [0.15, 0.2) is 0 Å². The maximum Gasteiger partial charge on any atom is 0 e. The van der Waals surface area contributed by atoms with E-state index in [1.807, 2.05) is 0 Å². The van der Waals surface area contributed by atoms with Crippen LogP contribution in [-0.2, 0) is 24.8 Å². The molecule has 0 aromatic rings. The Morgan fingerprint density at radius 2 is 1.36 bits per heavy atom. The van der Waals surface area contributed by atoms with Crippen LogP contribution >= 0.6 is 0 Å². The Hall–Kier alpha value is 1.31. The summed E-state index contributed by atoms with van der Waals surface area (Å²) in [6.45, 7) is 4.33. The van der Waals surface area contributed by atoms with Gasteiger partial charge in [0.2, 0.25) is 0 Å². The van der Waals surface area contributed by atoms with E-state index in [0.717, 1.165) is 8.87 Å². The zero-order valence-electron chi connectivity index (χ0n) is 7.65. The molecule has 0 rings (SSSR count). The largest absolute Gasteiger partial charge is 0 e. The molecule has 0 heterocycles. The van der Waals surface area contributed by atoms with Crippen molar-refractivity contribution in [2.24, 2.45) is 0 Å². The molecule has 64 valence electrons. The quantitative estimate of drug-likeness (QED) is 0.689. The van der Waals surface area contributed by atoms with Gasteiger partial charge in [-0.25, -0.2) is 0 Å². The van der Waals surface area contributed by atoms with E-state index >= 15 is 0 Å². The average molecular weight is 297 g/mol. The van der Waals surface area contributed by atoms with Crippen molar-refractivity contribution in [3.05, 3.63) is 0 Å². The summed E-state index contributed by atoms with van der Waals surface area (Å²) in [5, 5.41) is 0. The molecule has 1 nitrogen and oxygen atoms in total. The van der Waals surface area contributed by atoms with Crippen molar-refractivity contribution in [1.82, 2.24) is 0 Å². The van der Waals surface area contributed by atoms with Crippen LogP contribution in [0.4, 0.5) is 0 Å². The second-order valence-electron chi connectivity index (χ2n) is 2.75. The molecule has 0 unspecified atom stereocenters. The molecule has 0 bridgehead atoms. The molecule has 0 aliphatic rings. The molecule has 0 saturated carbocycles. The monoisotopic (exact) mass is 298 g/mol. The van der Waals surface area contributed by atoms with Gasteiger partial charge in [-0.15, -0.1) is 0 Å². The van der Waals surface area contributed by atoms with Crippen LogP contribution in [-0.4, -0.2) is 19.7 Å². The first-order chi connectivity index (χ1) is 4.81. The molecule has 3 heteroatoms. The number of hydrogen-bond donors (Lipinski definition) is 0. The van der Waals surface area contributed by atoms with Gasteiger partial charge in [-0.2, -0.15) is 0 Å². The summed E-state index contributed by atoms with van der Waals surface area (Å²) in [5.41, 5.74) is 0. The van der Waals surface area contributed by atoms with E-state index in [9.17, 15) is 3.08 Å². The van der Waals surface area contributed by atoms with Crippen molar-refractivity contribution in [2.45, 2.75) is 48.4 Å². The summed E-state index contributed by atoms with van der Waals surface area (Å²) in [7, 11) is 0. The molecule has 0 spiro atoms. The maximum atomic E-state index is 11.2. The van der Waals surface area contributed by atoms with Crippen molar-refractivity contribution in [2.75, 3.05) is 0 Å². The van der Waals surface area contributed by atoms with Gasteiger partial charge in [0, 0.05) is 21.7 Å². The predicted molar refractivity (Wildman–Crippen MR) is 45.9 cm³/mol. The Balaban J connectivity index is 0. The van der Waals surface area contributed by atoms with Crippen LogP contribution in [0.25, 0.3) is 0 Å². The van der Waals surface area contributed by atoms with Crippen molar-refractivity contribution in [3.63, 3.8) is 0 Å². The molecule has 0 saturated heterocycles. The van der Waals surface area contributed by atoms with Gasteiger partial charge in [-0.1, -0.05) is 0 Å². The van der Waals surface area contributed by atoms with E-state index < -0.39 is 19.7 Å². The Bertz CT molecular complexity index is 86.1. The van der Waals surface area contributed by atoms with Gasteiger partial charge in [0.25, 0.3) is 0 Å². The van der Waals surface area contributed by atoms with Crippen LogP contribution < -0.4 is 0 Å².